The molecule has 2 aliphatic rings. The molecule has 2 aliphatic carbocycles. The van der Waals surface area contributed by atoms with Gasteiger partial charge in [0.15, 0.2) is 0 Å². The van der Waals surface area contributed by atoms with Gasteiger partial charge in [0.05, 0.1) is 11.1 Å². The number of carbonyl (C=O) groups excluding carboxylic acids is 1. The Balaban J connectivity index is 1.21. The van der Waals surface area contributed by atoms with Crippen molar-refractivity contribution in [3.05, 3.63) is 65.1 Å². The molecule has 2 aromatic heterocycles. The van der Waals surface area contributed by atoms with E-state index in [1.54, 1.807) is 12.1 Å². The zero-order chi connectivity index (χ0) is 21.4. The van der Waals surface area contributed by atoms with Gasteiger partial charge in [-0.1, -0.05) is 0 Å². The number of nitrogens with one attached hydrogen (secondary N) is 1. The molecule has 0 unspecified atom stereocenters. The van der Waals surface area contributed by atoms with Gasteiger partial charge in [-0.2, -0.15) is 0 Å². The number of carbonyl (C=O) groups is 1. The van der Waals surface area contributed by atoms with Crippen molar-refractivity contribution in [1.82, 2.24) is 20.3 Å². The Hall–Kier alpha value is -2.60. The maximum absolute atomic E-state index is 13.8. The first-order chi connectivity index (χ1) is 15.0. The van der Waals surface area contributed by atoms with Gasteiger partial charge in [-0.25, -0.2) is 14.4 Å². The normalized spacial score (nSPS) is 22.3. The van der Waals surface area contributed by atoms with Crippen LogP contribution >= 0.6 is 11.6 Å². The van der Waals surface area contributed by atoms with Gasteiger partial charge in [-0.05, 0) is 98.2 Å². The monoisotopic (exact) mass is 438 g/mol. The first kappa shape index (κ1) is 20.3. The molecule has 2 fully saturated rings. The molecule has 1 N–H and O–H groups in total. The largest absolute Gasteiger partial charge is 0.346 e. The van der Waals surface area contributed by atoms with Gasteiger partial charge in [0, 0.05) is 29.5 Å². The highest BCUT2D eigenvalue weighted by molar-refractivity contribution is 6.28. The molecule has 1 amide bonds. The maximum Gasteiger partial charge on any atom is 0.254 e. The molecule has 0 bridgehead atoms. The topological polar surface area (TPSA) is 67.8 Å². The van der Waals surface area contributed by atoms with Crippen LogP contribution < -0.4 is 5.32 Å². The van der Waals surface area contributed by atoms with Crippen LogP contribution in [0.15, 0.2) is 42.9 Å². The van der Waals surface area contributed by atoms with Crippen molar-refractivity contribution in [3.63, 3.8) is 0 Å². The lowest BCUT2D eigenvalue weighted by molar-refractivity contribution is 0.0920. The molecule has 3 aromatic rings. The number of fused-ring (bicyclic) bond motifs is 1. The van der Waals surface area contributed by atoms with Crippen molar-refractivity contribution < 1.29 is 9.18 Å². The van der Waals surface area contributed by atoms with Gasteiger partial charge in [-0.15, -0.1) is 0 Å². The molecule has 5 nitrogen and oxygen atoms in total. The maximum atomic E-state index is 13.8. The molecular weight excluding hydrogens is 415 g/mol. The highest BCUT2D eigenvalue weighted by Gasteiger charge is 2.46. The van der Waals surface area contributed by atoms with E-state index >= 15 is 0 Å². The van der Waals surface area contributed by atoms with Crippen molar-refractivity contribution in [2.45, 2.75) is 56.4 Å². The van der Waals surface area contributed by atoms with E-state index in [-0.39, 0.29) is 22.5 Å². The Morgan fingerprint density at radius 2 is 1.84 bits per heavy atom. The average Bonchev–Trinajstić information content (AvgIpc) is 3.53. The molecule has 0 radical (unpaired) electrons. The van der Waals surface area contributed by atoms with Crippen molar-refractivity contribution in [2.75, 3.05) is 0 Å². The minimum atomic E-state index is -0.215. The zero-order valence-corrected chi connectivity index (χ0v) is 17.9. The highest BCUT2D eigenvalue weighted by Crippen LogP contribution is 2.47. The Labute approximate surface area is 185 Å². The molecular formula is C24H24ClFN4O. The summed E-state index contributed by atoms with van der Waals surface area (Å²) in [4.78, 5) is 24.7. The molecule has 0 atom stereocenters. The lowest BCUT2D eigenvalue weighted by Gasteiger charge is -2.32. The Morgan fingerprint density at radius 1 is 1.10 bits per heavy atom. The van der Waals surface area contributed by atoms with Crippen LogP contribution in [0.5, 0.6) is 0 Å². The van der Waals surface area contributed by atoms with Crippen LogP contribution in [-0.4, -0.2) is 26.4 Å². The van der Waals surface area contributed by atoms with Gasteiger partial charge >= 0.3 is 0 Å². The molecule has 2 heterocycles. The molecule has 5 rings (SSSR count). The standard InChI is InChI=1S/C24H24ClFN4O/c25-23-28-13-17(14-29-23)22(31)30-24(8-9-24)12-15-1-3-16(4-2-15)19-7-10-27-21-6-5-18(26)11-20(19)21/h5-7,10-11,13-16H,1-4,8-9,12H2,(H,30,31). The quantitative estimate of drug-likeness (QED) is 0.538. The van der Waals surface area contributed by atoms with E-state index in [0.29, 0.717) is 17.4 Å². The molecule has 0 saturated heterocycles. The molecule has 0 spiro atoms. The van der Waals surface area contributed by atoms with E-state index in [0.717, 1.165) is 55.8 Å². The fourth-order valence-corrected chi connectivity index (χ4v) is 5.10. The fourth-order valence-electron chi connectivity index (χ4n) is 5.00. The summed E-state index contributed by atoms with van der Waals surface area (Å²) in [6.07, 6.45) is 12.2. The SMILES string of the molecule is O=C(NC1(CC2CCC(c3ccnc4ccc(F)cc34)CC2)CC1)c1cnc(Cl)nc1. The predicted octanol–water partition coefficient (Wildman–Crippen LogP) is 5.44. The van der Waals surface area contributed by atoms with Gasteiger partial charge in [-0.3, -0.25) is 9.78 Å². The van der Waals surface area contributed by atoms with E-state index in [1.807, 2.05) is 12.3 Å². The van der Waals surface area contributed by atoms with Crippen LogP contribution in [0.2, 0.25) is 5.28 Å². The third kappa shape index (κ3) is 4.40. The minimum Gasteiger partial charge on any atom is -0.346 e. The number of aromatic nitrogens is 3. The number of benzene rings is 1. The second kappa shape index (κ2) is 8.15. The summed E-state index contributed by atoms with van der Waals surface area (Å²) in [5.41, 5.74) is 2.41. The number of halogens is 2. The minimum absolute atomic E-state index is 0.0965. The average molecular weight is 439 g/mol. The number of hydrogen-bond acceptors (Lipinski definition) is 4. The fraction of sp³-hybridized carbons (Fsp3) is 0.417. The van der Waals surface area contributed by atoms with Gasteiger partial charge in [0.25, 0.3) is 5.91 Å². The third-order valence-electron chi connectivity index (χ3n) is 6.82. The summed E-state index contributed by atoms with van der Waals surface area (Å²) >= 11 is 5.71. The summed E-state index contributed by atoms with van der Waals surface area (Å²) in [6.45, 7) is 0. The summed E-state index contributed by atoms with van der Waals surface area (Å²) in [6, 6.07) is 6.88. The van der Waals surface area contributed by atoms with Crippen molar-refractivity contribution in [2.24, 2.45) is 5.92 Å². The second-order valence-corrected chi connectivity index (χ2v) is 9.30. The van der Waals surface area contributed by atoms with Crippen LogP contribution in [-0.2, 0) is 0 Å². The van der Waals surface area contributed by atoms with Gasteiger partial charge in [0.2, 0.25) is 5.28 Å². The smallest absolute Gasteiger partial charge is 0.254 e. The summed E-state index contributed by atoms with van der Waals surface area (Å²) in [5, 5.41) is 4.28. The first-order valence-electron chi connectivity index (χ1n) is 10.9. The predicted molar refractivity (Wildman–Crippen MR) is 117 cm³/mol. The molecule has 0 aliphatic heterocycles. The van der Waals surface area contributed by atoms with Gasteiger partial charge < -0.3 is 5.32 Å². The zero-order valence-electron chi connectivity index (χ0n) is 17.2. The van der Waals surface area contributed by atoms with Crippen molar-refractivity contribution in [3.8, 4) is 0 Å². The van der Waals surface area contributed by atoms with E-state index in [1.165, 1.54) is 24.0 Å². The van der Waals surface area contributed by atoms with Crippen LogP contribution in [0.1, 0.15) is 66.8 Å². The van der Waals surface area contributed by atoms with Crippen LogP contribution in [0.4, 0.5) is 4.39 Å². The molecule has 2 saturated carbocycles. The highest BCUT2D eigenvalue weighted by atomic mass is 35.5. The molecule has 160 valence electrons. The van der Waals surface area contributed by atoms with E-state index in [9.17, 15) is 9.18 Å². The van der Waals surface area contributed by atoms with E-state index in [2.05, 4.69) is 20.3 Å². The number of rotatable bonds is 5. The number of nitrogens with zero attached hydrogens (tertiary/aromatic N) is 3. The Morgan fingerprint density at radius 3 is 2.55 bits per heavy atom. The summed E-state index contributed by atoms with van der Waals surface area (Å²) in [5.74, 6) is 0.672. The molecule has 31 heavy (non-hydrogen) atoms. The van der Waals surface area contributed by atoms with Crippen molar-refractivity contribution in [1.29, 1.82) is 0 Å². The van der Waals surface area contributed by atoms with Crippen LogP contribution in [0.3, 0.4) is 0 Å². The van der Waals surface area contributed by atoms with E-state index < -0.39 is 0 Å². The van der Waals surface area contributed by atoms with Crippen molar-refractivity contribution >= 4 is 28.4 Å². The second-order valence-electron chi connectivity index (χ2n) is 8.96. The van der Waals surface area contributed by atoms with E-state index in [4.69, 9.17) is 11.6 Å². The lowest BCUT2D eigenvalue weighted by atomic mass is 9.75. The molecule has 1 aromatic carbocycles. The molecule has 7 heteroatoms. The first-order valence-corrected chi connectivity index (χ1v) is 11.2. The Bertz CT molecular complexity index is 1110. The summed E-state index contributed by atoms with van der Waals surface area (Å²) < 4.78 is 13.8. The Kier molecular flexibility index (Phi) is 5.34. The van der Waals surface area contributed by atoms with Crippen LogP contribution in [0.25, 0.3) is 10.9 Å². The third-order valence-corrected chi connectivity index (χ3v) is 7.01. The van der Waals surface area contributed by atoms with Crippen LogP contribution in [0, 0.1) is 11.7 Å². The lowest BCUT2D eigenvalue weighted by Crippen LogP contribution is -2.39. The van der Waals surface area contributed by atoms with Gasteiger partial charge in [0.1, 0.15) is 5.82 Å². The summed E-state index contributed by atoms with van der Waals surface area (Å²) in [7, 11) is 0. The number of amides is 1. The number of hydrogen-bond donors (Lipinski definition) is 1. The number of pyridine rings is 1.